The zero-order valence-electron chi connectivity index (χ0n) is 42.6. The molecule has 14 nitrogen and oxygen atoms in total. The predicted octanol–water partition coefficient (Wildman–Crippen LogP) is 10.9. The molecule has 2 aliphatic heterocycles. The Labute approximate surface area is 433 Å². The van der Waals surface area contributed by atoms with Crippen molar-refractivity contribution in [2.45, 2.75) is 25.9 Å². The molecule has 390 valence electrons. The number of aromatic nitrogens is 4. The Morgan fingerprint density at radius 3 is 1.37 bits per heavy atom. The number of fused-ring (bicyclic) bond motifs is 2. The third kappa shape index (κ3) is 12.7. The lowest BCUT2D eigenvalue weighted by Crippen LogP contribution is -2.37. The van der Waals surface area contributed by atoms with E-state index < -0.39 is 11.7 Å². The molecule has 0 N–H and O–H groups in total. The van der Waals surface area contributed by atoms with Crippen molar-refractivity contribution in [3.8, 4) is 57.3 Å². The summed E-state index contributed by atoms with van der Waals surface area (Å²) in [6.07, 6.45) is -3.12. The first kappa shape index (κ1) is 52.0. The second-order valence-electron chi connectivity index (χ2n) is 17.8. The monoisotopic (exact) mass is 1020 g/mol. The summed E-state index contributed by atoms with van der Waals surface area (Å²) in [5.41, 5.74) is 7.58. The number of hydrogen-bond donors (Lipinski definition) is 0. The molecule has 17 heteroatoms. The quantitative estimate of drug-likeness (QED) is 0.0909. The molecule has 0 radical (unpaired) electrons. The van der Waals surface area contributed by atoms with Crippen molar-refractivity contribution < 1.29 is 51.1 Å². The van der Waals surface area contributed by atoms with Gasteiger partial charge in [-0.1, -0.05) is 66.2 Å². The number of alkyl halides is 3. The third-order valence-corrected chi connectivity index (χ3v) is 13.0. The van der Waals surface area contributed by atoms with Gasteiger partial charge in [-0.2, -0.15) is 33.1 Å². The van der Waals surface area contributed by atoms with Crippen LogP contribution in [0.15, 0.2) is 121 Å². The summed E-state index contributed by atoms with van der Waals surface area (Å²) in [6.45, 7) is 8.17. The van der Waals surface area contributed by atoms with E-state index in [1.807, 2.05) is 42.5 Å². The molecule has 2 aliphatic rings. The number of morpholine rings is 2. The Morgan fingerprint density at radius 1 is 0.480 bits per heavy atom. The van der Waals surface area contributed by atoms with Gasteiger partial charge in [0.15, 0.2) is 23.0 Å². The minimum absolute atomic E-state index is 0.233. The van der Waals surface area contributed by atoms with Gasteiger partial charge in [-0.15, -0.1) is 0 Å². The molecule has 2 fully saturated rings. The number of ether oxygens (including phenoxy) is 8. The average Bonchev–Trinajstić information content (AvgIpc) is 3.45. The lowest BCUT2D eigenvalue weighted by atomic mass is 10.0. The summed E-state index contributed by atoms with van der Waals surface area (Å²) >= 11 is 0. The van der Waals surface area contributed by atoms with Crippen LogP contribution in [-0.2, 0) is 28.5 Å². The standard InChI is InChI=1S/C29H28F3N3O4.C29H31N3O4/c1-36-25-9-6-19(16-26(25)37-2)10-13-39-28-33-24-8-7-21(20-4-3-5-22(17-20)29(30,31)32)18-23(24)27(34-28)35-11-14-38-15-12-35;1-20-4-7-22(8-5-20)23-9-10-25-24(19-23)28(32-13-16-35-17-14-32)31-29(30-25)36-15-12-21-6-11-26(33-2)27(18-21)34-3/h3-9,16-18H,10-15H2,1-2H3;4-11,18-19H,12-17H2,1-3H3. The highest BCUT2D eigenvalue weighted by Crippen LogP contribution is 2.37. The fraction of sp³-hybridized carbons (Fsp3) is 0.310. The Balaban J connectivity index is 0.000000184. The van der Waals surface area contributed by atoms with E-state index >= 15 is 0 Å². The van der Waals surface area contributed by atoms with Crippen LogP contribution in [0.25, 0.3) is 44.1 Å². The minimum atomic E-state index is -4.42. The van der Waals surface area contributed by atoms with Crippen molar-refractivity contribution in [1.29, 1.82) is 0 Å². The number of benzene rings is 6. The highest BCUT2D eigenvalue weighted by molar-refractivity contribution is 5.94. The van der Waals surface area contributed by atoms with E-state index in [9.17, 15) is 13.2 Å². The summed E-state index contributed by atoms with van der Waals surface area (Å²) in [5.74, 6) is 4.26. The third-order valence-electron chi connectivity index (χ3n) is 13.0. The van der Waals surface area contributed by atoms with Gasteiger partial charge < -0.3 is 47.7 Å². The van der Waals surface area contributed by atoms with Crippen LogP contribution in [0, 0.1) is 6.92 Å². The van der Waals surface area contributed by atoms with Crippen LogP contribution in [-0.4, -0.2) is 114 Å². The molecule has 0 unspecified atom stereocenters. The van der Waals surface area contributed by atoms with E-state index in [1.165, 1.54) is 17.2 Å². The summed E-state index contributed by atoms with van der Waals surface area (Å²) in [6, 6.07) is 37.8. The molecule has 0 aliphatic carbocycles. The Kier molecular flexibility index (Phi) is 16.6. The summed E-state index contributed by atoms with van der Waals surface area (Å²) in [4.78, 5) is 23.3. The fourth-order valence-electron chi connectivity index (χ4n) is 8.92. The van der Waals surface area contributed by atoms with Gasteiger partial charge in [0.05, 0.1) is 84.7 Å². The van der Waals surface area contributed by atoms with Crippen LogP contribution < -0.4 is 38.2 Å². The van der Waals surface area contributed by atoms with Gasteiger partial charge in [0.1, 0.15) is 11.6 Å². The second kappa shape index (κ2) is 24.0. The maximum atomic E-state index is 13.3. The molecule has 10 rings (SSSR count). The normalized spacial score (nSPS) is 13.8. The molecule has 0 saturated carbocycles. The molecule has 0 amide bonds. The number of rotatable bonds is 16. The van der Waals surface area contributed by atoms with Crippen molar-refractivity contribution in [1.82, 2.24) is 19.9 Å². The number of aryl methyl sites for hydroxylation is 1. The van der Waals surface area contributed by atoms with E-state index in [0.29, 0.717) is 117 Å². The van der Waals surface area contributed by atoms with Crippen molar-refractivity contribution in [3.63, 3.8) is 0 Å². The van der Waals surface area contributed by atoms with Crippen LogP contribution in [0.2, 0.25) is 0 Å². The van der Waals surface area contributed by atoms with Crippen LogP contribution >= 0.6 is 0 Å². The predicted molar refractivity (Wildman–Crippen MR) is 283 cm³/mol. The lowest BCUT2D eigenvalue weighted by Gasteiger charge is -2.29. The maximum Gasteiger partial charge on any atom is 0.416 e. The topological polar surface area (TPSA) is 132 Å². The SMILES string of the molecule is COc1ccc(CCOc2nc(N3CCOCC3)c3cc(-c4ccc(C)cc4)ccc3n2)cc1OC.COc1ccc(CCOc2nc(N3CCOCC3)c3cc(-c4cccc(C(F)(F)F)c4)ccc3n2)cc1OC. The number of methoxy groups -OCH3 is 4. The maximum absolute atomic E-state index is 13.3. The highest BCUT2D eigenvalue weighted by atomic mass is 19.4. The van der Waals surface area contributed by atoms with Crippen LogP contribution in [0.4, 0.5) is 24.8 Å². The zero-order chi connectivity index (χ0) is 52.3. The number of hydrogen-bond acceptors (Lipinski definition) is 14. The smallest absolute Gasteiger partial charge is 0.416 e. The van der Waals surface area contributed by atoms with E-state index in [1.54, 1.807) is 46.6 Å². The first-order valence-electron chi connectivity index (χ1n) is 24.7. The largest absolute Gasteiger partial charge is 0.493 e. The molecule has 0 spiro atoms. The lowest BCUT2D eigenvalue weighted by molar-refractivity contribution is -0.137. The molecule has 6 aromatic carbocycles. The molecule has 2 saturated heterocycles. The molecule has 4 heterocycles. The highest BCUT2D eigenvalue weighted by Gasteiger charge is 2.30. The molecule has 0 bridgehead atoms. The van der Waals surface area contributed by atoms with Gasteiger partial charge in [-0.25, -0.2) is 0 Å². The van der Waals surface area contributed by atoms with Gasteiger partial charge in [-0.3, -0.25) is 0 Å². The molecule has 2 aromatic heterocycles. The van der Waals surface area contributed by atoms with E-state index in [0.717, 1.165) is 64.0 Å². The van der Waals surface area contributed by atoms with Crippen molar-refractivity contribution >= 4 is 33.4 Å². The van der Waals surface area contributed by atoms with Crippen LogP contribution in [0.1, 0.15) is 22.3 Å². The van der Waals surface area contributed by atoms with Gasteiger partial charge in [0.25, 0.3) is 0 Å². The average molecular weight is 1030 g/mol. The van der Waals surface area contributed by atoms with E-state index in [-0.39, 0.29) is 6.01 Å². The summed E-state index contributed by atoms with van der Waals surface area (Å²) in [5, 5.41) is 1.75. The van der Waals surface area contributed by atoms with Gasteiger partial charge >= 0.3 is 18.2 Å². The van der Waals surface area contributed by atoms with Crippen molar-refractivity contribution in [2.24, 2.45) is 0 Å². The second-order valence-corrected chi connectivity index (χ2v) is 17.8. The molecule has 0 atom stereocenters. The van der Waals surface area contributed by atoms with E-state index in [4.69, 9.17) is 52.8 Å². The van der Waals surface area contributed by atoms with Gasteiger partial charge in [0.2, 0.25) is 0 Å². The summed E-state index contributed by atoms with van der Waals surface area (Å²) in [7, 11) is 6.45. The number of anilines is 2. The van der Waals surface area contributed by atoms with Crippen molar-refractivity contribution in [2.75, 3.05) is 104 Å². The van der Waals surface area contributed by atoms with Crippen molar-refractivity contribution in [3.05, 3.63) is 144 Å². The minimum Gasteiger partial charge on any atom is -0.493 e. The van der Waals surface area contributed by atoms with Crippen LogP contribution in [0.5, 0.6) is 35.0 Å². The Hall–Kier alpha value is -7.89. The molecule has 75 heavy (non-hydrogen) atoms. The first-order valence-corrected chi connectivity index (χ1v) is 24.7. The van der Waals surface area contributed by atoms with Gasteiger partial charge in [0, 0.05) is 49.8 Å². The number of halogens is 3. The molecule has 8 aromatic rings. The number of nitrogens with zero attached hydrogens (tertiary/aromatic N) is 6. The molecular weight excluding hydrogens is 966 g/mol. The van der Waals surface area contributed by atoms with E-state index in [2.05, 4.69) is 64.2 Å². The Bertz CT molecular complexity index is 3220. The first-order chi connectivity index (χ1) is 36.5. The fourth-order valence-corrected chi connectivity index (χ4v) is 8.92. The van der Waals surface area contributed by atoms with Gasteiger partial charge in [-0.05, 0) is 101 Å². The molecular formula is C58H59F3N6O8. The summed E-state index contributed by atoms with van der Waals surface area (Å²) < 4.78 is 84.4. The Morgan fingerprint density at radius 2 is 0.920 bits per heavy atom. The zero-order valence-corrected chi connectivity index (χ0v) is 42.6. The van der Waals surface area contributed by atoms with Crippen LogP contribution in [0.3, 0.4) is 0 Å².